The molecule has 0 saturated heterocycles. The van der Waals surface area contributed by atoms with E-state index in [1.54, 1.807) is 36.3 Å². The van der Waals surface area contributed by atoms with Crippen LogP contribution in [0.25, 0.3) is 0 Å². The highest BCUT2D eigenvalue weighted by Crippen LogP contribution is 2.47. The highest BCUT2D eigenvalue weighted by atomic mass is 16.7. The van der Waals surface area contributed by atoms with Crippen molar-refractivity contribution in [1.82, 2.24) is 0 Å². The summed E-state index contributed by atoms with van der Waals surface area (Å²) in [5.41, 5.74) is 0.790. The van der Waals surface area contributed by atoms with Crippen molar-refractivity contribution in [2.24, 2.45) is 0 Å². The van der Waals surface area contributed by atoms with Gasteiger partial charge in [-0.15, -0.1) is 0 Å². The molecule has 1 amide bonds. The van der Waals surface area contributed by atoms with Gasteiger partial charge in [0.2, 0.25) is 6.79 Å². The predicted octanol–water partition coefficient (Wildman–Crippen LogP) is 3.21. The van der Waals surface area contributed by atoms with Crippen LogP contribution in [0, 0.1) is 0 Å². The quantitative estimate of drug-likeness (QED) is 0.742. The van der Waals surface area contributed by atoms with Gasteiger partial charge in [0.1, 0.15) is 5.75 Å². The van der Waals surface area contributed by atoms with E-state index in [0.29, 0.717) is 40.6 Å². The number of aliphatic hydroxyl groups is 1. The molecule has 1 atom stereocenters. The Hall–Kier alpha value is -3.51. The number of carbonyl (C=O) groups excluding carboxylic acids is 1. The molecule has 0 aliphatic carbocycles. The minimum atomic E-state index is -1.80. The fraction of sp³-hybridized carbons (Fsp3) is 0.174. The second kappa shape index (κ2) is 6.53. The van der Waals surface area contributed by atoms with E-state index >= 15 is 0 Å². The Morgan fingerprint density at radius 1 is 1.03 bits per heavy atom. The lowest BCUT2D eigenvalue weighted by atomic mass is 9.87. The van der Waals surface area contributed by atoms with Crippen molar-refractivity contribution < 1.29 is 24.1 Å². The van der Waals surface area contributed by atoms with Gasteiger partial charge in [-0.1, -0.05) is 36.4 Å². The molecule has 0 fully saturated rings. The molecule has 0 saturated carbocycles. The molecule has 6 nitrogen and oxygen atoms in total. The number of anilines is 1. The molecule has 0 aromatic heterocycles. The van der Waals surface area contributed by atoms with E-state index in [9.17, 15) is 9.90 Å². The van der Waals surface area contributed by atoms with E-state index in [-0.39, 0.29) is 6.79 Å². The topological polar surface area (TPSA) is 68.2 Å². The van der Waals surface area contributed by atoms with Crippen molar-refractivity contribution in [3.8, 4) is 17.2 Å². The van der Waals surface area contributed by atoms with E-state index < -0.39 is 11.5 Å². The van der Waals surface area contributed by atoms with Crippen LogP contribution in [-0.2, 0) is 16.9 Å². The molecule has 2 aliphatic heterocycles. The minimum Gasteiger partial charge on any atom is -0.497 e. The molecular formula is C23H19NO5. The van der Waals surface area contributed by atoms with Gasteiger partial charge < -0.3 is 24.2 Å². The fourth-order valence-electron chi connectivity index (χ4n) is 3.95. The van der Waals surface area contributed by atoms with Gasteiger partial charge in [0.15, 0.2) is 17.1 Å². The van der Waals surface area contributed by atoms with E-state index in [2.05, 4.69) is 0 Å². The van der Waals surface area contributed by atoms with Gasteiger partial charge in [0, 0.05) is 11.1 Å². The molecule has 1 unspecified atom stereocenters. The maximum atomic E-state index is 13.5. The number of amides is 1. The number of benzene rings is 3. The zero-order chi connectivity index (χ0) is 20.0. The highest BCUT2D eigenvalue weighted by Gasteiger charge is 2.51. The number of ether oxygens (including phenoxy) is 3. The smallest absolute Gasteiger partial charge is 0.268 e. The monoisotopic (exact) mass is 389 g/mol. The van der Waals surface area contributed by atoms with Crippen molar-refractivity contribution in [2.45, 2.75) is 12.1 Å². The summed E-state index contributed by atoms with van der Waals surface area (Å²) in [6.07, 6.45) is 0. The van der Waals surface area contributed by atoms with E-state index in [1.165, 1.54) is 0 Å². The second-order valence-electron chi connectivity index (χ2n) is 7.04. The van der Waals surface area contributed by atoms with Gasteiger partial charge in [0.25, 0.3) is 5.91 Å². The molecule has 6 heteroatoms. The number of fused-ring (bicyclic) bond motifs is 2. The Morgan fingerprint density at radius 3 is 2.72 bits per heavy atom. The second-order valence-corrected chi connectivity index (χ2v) is 7.04. The normalized spacial score (nSPS) is 19.4. The molecule has 146 valence electrons. The summed E-state index contributed by atoms with van der Waals surface area (Å²) in [6.45, 7) is 0.448. The molecule has 3 aromatic rings. The molecule has 2 heterocycles. The van der Waals surface area contributed by atoms with E-state index in [1.807, 2.05) is 42.5 Å². The number of methoxy groups -OCH3 is 1. The molecule has 0 spiro atoms. The van der Waals surface area contributed by atoms with Gasteiger partial charge in [-0.2, -0.15) is 0 Å². The molecule has 0 bridgehead atoms. The van der Waals surface area contributed by atoms with E-state index in [0.717, 1.165) is 5.56 Å². The average molecular weight is 389 g/mol. The number of para-hydroxylation sites is 1. The summed E-state index contributed by atoms with van der Waals surface area (Å²) in [7, 11) is 1.60. The third kappa shape index (κ3) is 2.64. The van der Waals surface area contributed by atoms with Crippen molar-refractivity contribution >= 4 is 11.6 Å². The van der Waals surface area contributed by atoms with Crippen molar-refractivity contribution in [3.63, 3.8) is 0 Å². The standard InChI is InChI=1S/C23H19NO5/c1-27-17-6-4-5-15(11-17)13-24-19-8-3-2-7-18(19)23(26,22(24)25)16-9-10-20-21(12-16)29-14-28-20/h2-12,26H,13-14H2,1H3. The van der Waals surface area contributed by atoms with Crippen LogP contribution < -0.4 is 19.1 Å². The Bertz CT molecular complexity index is 1110. The maximum absolute atomic E-state index is 13.5. The van der Waals surface area contributed by atoms with Gasteiger partial charge in [-0.25, -0.2) is 0 Å². The summed E-state index contributed by atoms with van der Waals surface area (Å²) in [4.78, 5) is 15.1. The Balaban J connectivity index is 1.58. The van der Waals surface area contributed by atoms with Crippen molar-refractivity contribution in [3.05, 3.63) is 83.4 Å². The third-order valence-electron chi connectivity index (χ3n) is 5.40. The lowest BCUT2D eigenvalue weighted by Gasteiger charge is -2.24. The van der Waals surface area contributed by atoms with Gasteiger partial charge in [-0.05, 0) is 35.9 Å². The first-order chi connectivity index (χ1) is 14.1. The first kappa shape index (κ1) is 17.6. The largest absolute Gasteiger partial charge is 0.497 e. The zero-order valence-corrected chi connectivity index (χ0v) is 15.8. The molecular weight excluding hydrogens is 370 g/mol. The number of hydrogen-bond acceptors (Lipinski definition) is 5. The number of hydrogen-bond donors (Lipinski definition) is 1. The zero-order valence-electron chi connectivity index (χ0n) is 15.8. The van der Waals surface area contributed by atoms with Crippen LogP contribution in [-0.4, -0.2) is 24.9 Å². The number of nitrogens with zero attached hydrogens (tertiary/aromatic N) is 1. The number of carbonyl (C=O) groups is 1. The summed E-state index contributed by atoms with van der Waals surface area (Å²) in [5, 5.41) is 11.7. The van der Waals surface area contributed by atoms with Crippen LogP contribution >= 0.6 is 0 Å². The Kier molecular flexibility index (Phi) is 3.96. The minimum absolute atomic E-state index is 0.129. The molecule has 3 aromatic carbocycles. The number of rotatable bonds is 4. The van der Waals surface area contributed by atoms with Crippen LogP contribution in [0.15, 0.2) is 66.7 Å². The summed E-state index contributed by atoms with van der Waals surface area (Å²) in [6, 6.07) is 19.9. The molecule has 1 N–H and O–H groups in total. The predicted molar refractivity (Wildman–Crippen MR) is 106 cm³/mol. The Morgan fingerprint density at radius 2 is 1.86 bits per heavy atom. The van der Waals surface area contributed by atoms with Crippen LogP contribution in [0.1, 0.15) is 16.7 Å². The van der Waals surface area contributed by atoms with Crippen LogP contribution in [0.5, 0.6) is 17.2 Å². The lowest BCUT2D eigenvalue weighted by molar-refractivity contribution is -0.132. The third-order valence-corrected chi connectivity index (χ3v) is 5.40. The molecule has 29 heavy (non-hydrogen) atoms. The van der Waals surface area contributed by atoms with Crippen LogP contribution in [0.4, 0.5) is 5.69 Å². The van der Waals surface area contributed by atoms with Gasteiger partial charge >= 0.3 is 0 Å². The molecule has 5 rings (SSSR count). The highest BCUT2D eigenvalue weighted by molar-refractivity contribution is 6.09. The Labute approximate surface area is 167 Å². The van der Waals surface area contributed by atoms with Gasteiger partial charge in [-0.3, -0.25) is 4.79 Å². The summed E-state index contributed by atoms with van der Waals surface area (Å²) in [5.74, 6) is 1.44. The molecule has 2 aliphatic rings. The van der Waals surface area contributed by atoms with Crippen molar-refractivity contribution in [1.29, 1.82) is 0 Å². The van der Waals surface area contributed by atoms with Crippen molar-refractivity contribution in [2.75, 3.05) is 18.8 Å². The maximum Gasteiger partial charge on any atom is 0.268 e. The average Bonchev–Trinajstić information content (AvgIpc) is 3.31. The molecule has 0 radical (unpaired) electrons. The van der Waals surface area contributed by atoms with E-state index in [4.69, 9.17) is 14.2 Å². The first-order valence-corrected chi connectivity index (χ1v) is 9.28. The van der Waals surface area contributed by atoms with Crippen LogP contribution in [0.2, 0.25) is 0 Å². The fourth-order valence-corrected chi connectivity index (χ4v) is 3.95. The summed E-state index contributed by atoms with van der Waals surface area (Å²) >= 11 is 0. The van der Waals surface area contributed by atoms with Crippen LogP contribution in [0.3, 0.4) is 0 Å². The van der Waals surface area contributed by atoms with Gasteiger partial charge in [0.05, 0.1) is 19.3 Å². The summed E-state index contributed by atoms with van der Waals surface area (Å²) < 4.78 is 16.1. The SMILES string of the molecule is COc1cccc(CN2C(=O)C(O)(c3ccc4c(c3)OCO4)c3ccccc32)c1. The first-order valence-electron chi connectivity index (χ1n) is 9.28. The lowest BCUT2D eigenvalue weighted by Crippen LogP contribution is -2.40.